The van der Waals surface area contributed by atoms with Crippen molar-refractivity contribution in [1.82, 2.24) is 20.1 Å². The van der Waals surface area contributed by atoms with Gasteiger partial charge in [0, 0.05) is 45.4 Å². The summed E-state index contributed by atoms with van der Waals surface area (Å²) in [6.45, 7) is 2.91. The molecule has 188 valence electrons. The molecule has 2 amide bonds. The smallest absolute Gasteiger partial charge is 0.282 e. The van der Waals surface area contributed by atoms with Gasteiger partial charge in [0.25, 0.3) is 11.8 Å². The fraction of sp³-hybridized carbons (Fsp3) is 0.640. The van der Waals surface area contributed by atoms with Gasteiger partial charge in [0.15, 0.2) is 10.8 Å². The second-order valence-corrected chi connectivity index (χ2v) is 10.8. The van der Waals surface area contributed by atoms with E-state index in [-0.39, 0.29) is 50.8 Å². The molecule has 2 saturated heterocycles. The van der Waals surface area contributed by atoms with Gasteiger partial charge in [0.05, 0.1) is 5.70 Å². The Kier molecular flexibility index (Phi) is 7.29. The molecule has 2 aliphatic heterocycles. The van der Waals surface area contributed by atoms with E-state index in [0.29, 0.717) is 45.2 Å². The van der Waals surface area contributed by atoms with Crippen molar-refractivity contribution in [2.24, 2.45) is 5.92 Å². The zero-order chi connectivity index (χ0) is 24.4. The van der Waals surface area contributed by atoms with Crippen LogP contribution in [0.25, 0.3) is 0 Å². The summed E-state index contributed by atoms with van der Waals surface area (Å²) in [5.74, 6) is -0.258. The van der Waals surface area contributed by atoms with E-state index in [4.69, 9.17) is 4.74 Å². The van der Waals surface area contributed by atoms with Gasteiger partial charge >= 0.3 is 0 Å². The molecule has 1 aromatic heterocycles. The largest absolute Gasteiger partial charge is 0.382 e. The average molecular weight is 501 g/mol. The molecule has 3 heterocycles. The number of piperazine rings is 1. The zero-order valence-corrected chi connectivity index (χ0v) is 20.7. The van der Waals surface area contributed by atoms with Crippen LogP contribution >= 0.6 is 11.3 Å². The van der Waals surface area contributed by atoms with Gasteiger partial charge in [-0.25, -0.2) is 4.98 Å². The molecule has 10 heteroatoms. The number of carbonyl (C=O) groups excluding carboxylic acids is 4. The summed E-state index contributed by atoms with van der Waals surface area (Å²) in [7, 11) is 0. The number of nitrogens with zero attached hydrogens (tertiary/aromatic N) is 3. The van der Waals surface area contributed by atoms with Gasteiger partial charge in [-0.3, -0.25) is 19.2 Å². The molecule has 5 rings (SSSR count). The number of ether oxygens (including phenoxy) is 1. The number of fused-ring (bicyclic) bond motifs is 1. The second-order valence-electron chi connectivity index (χ2n) is 9.79. The summed E-state index contributed by atoms with van der Waals surface area (Å²) in [6, 6.07) is 0. The Balaban J connectivity index is 1.17. The summed E-state index contributed by atoms with van der Waals surface area (Å²) >= 11 is 0.979. The van der Waals surface area contributed by atoms with Gasteiger partial charge in [-0.2, -0.15) is 0 Å². The highest BCUT2D eigenvalue weighted by Crippen LogP contribution is 2.28. The highest BCUT2D eigenvalue weighted by Gasteiger charge is 2.35. The minimum absolute atomic E-state index is 0.00917. The number of ketones is 2. The van der Waals surface area contributed by atoms with E-state index < -0.39 is 0 Å². The number of thiazole rings is 1. The molecule has 1 atom stereocenters. The number of aromatic nitrogens is 1. The summed E-state index contributed by atoms with van der Waals surface area (Å²) in [4.78, 5) is 59.2. The minimum Gasteiger partial charge on any atom is -0.382 e. The van der Waals surface area contributed by atoms with E-state index in [1.807, 2.05) is 0 Å². The molecule has 0 spiro atoms. The van der Waals surface area contributed by atoms with Crippen LogP contribution in [0, 0.1) is 5.92 Å². The van der Waals surface area contributed by atoms with E-state index in [1.54, 1.807) is 9.80 Å². The Bertz CT molecular complexity index is 1030. The number of hydrogen-bond donors (Lipinski definition) is 1. The third kappa shape index (κ3) is 5.18. The lowest BCUT2D eigenvalue weighted by atomic mass is 9.87. The first-order valence-electron chi connectivity index (χ1n) is 12.8. The molecule has 1 N–H and O–H groups in total. The maximum Gasteiger partial charge on any atom is 0.282 e. The fourth-order valence-corrected chi connectivity index (χ4v) is 6.32. The Morgan fingerprint density at radius 2 is 1.77 bits per heavy atom. The maximum absolute atomic E-state index is 13.1. The van der Waals surface area contributed by atoms with Crippen LogP contribution in [0.4, 0.5) is 0 Å². The Hall–Kier alpha value is -2.59. The van der Waals surface area contributed by atoms with Crippen molar-refractivity contribution in [3.8, 4) is 0 Å². The molecule has 35 heavy (non-hydrogen) atoms. The highest BCUT2D eigenvalue weighted by molar-refractivity contribution is 7.16. The fourth-order valence-electron chi connectivity index (χ4n) is 5.38. The van der Waals surface area contributed by atoms with Crippen molar-refractivity contribution < 1.29 is 23.9 Å². The minimum atomic E-state index is -0.363. The maximum atomic E-state index is 13.1. The first-order valence-corrected chi connectivity index (χ1v) is 13.6. The topological polar surface area (TPSA) is 109 Å². The average Bonchev–Trinajstić information content (AvgIpc) is 3.58. The van der Waals surface area contributed by atoms with Crippen molar-refractivity contribution in [1.29, 1.82) is 0 Å². The summed E-state index contributed by atoms with van der Waals surface area (Å²) < 4.78 is 5.49. The molecule has 1 aromatic rings. The quantitative estimate of drug-likeness (QED) is 0.639. The molecule has 1 saturated carbocycles. The van der Waals surface area contributed by atoms with E-state index in [1.165, 1.54) is 38.2 Å². The van der Waals surface area contributed by atoms with Gasteiger partial charge in [-0.05, 0) is 25.2 Å². The van der Waals surface area contributed by atoms with Crippen molar-refractivity contribution in [3.63, 3.8) is 0 Å². The van der Waals surface area contributed by atoms with Gasteiger partial charge in [-0.15, -0.1) is 11.3 Å². The first-order chi connectivity index (χ1) is 17.0. The molecule has 4 aliphatic rings. The Labute approximate surface area is 208 Å². The predicted octanol–water partition coefficient (Wildman–Crippen LogP) is 2.43. The monoisotopic (exact) mass is 500 g/mol. The standard InChI is InChI=1S/C25H32N4O5S/c30-18-15-17(26-9-8-16-5-2-1-3-6-16)21(31)20-22(18)35-23(27-20)25(33)29-12-10-28(11-13-29)24(32)19-7-4-14-34-19/h15-16,19,26H,1-14H2. The van der Waals surface area contributed by atoms with Crippen LogP contribution in [0.2, 0.25) is 0 Å². The van der Waals surface area contributed by atoms with E-state index in [2.05, 4.69) is 10.3 Å². The van der Waals surface area contributed by atoms with Crippen LogP contribution in [0.3, 0.4) is 0 Å². The van der Waals surface area contributed by atoms with E-state index in [9.17, 15) is 19.2 Å². The first kappa shape index (κ1) is 24.1. The predicted molar refractivity (Wildman–Crippen MR) is 130 cm³/mol. The van der Waals surface area contributed by atoms with Crippen molar-refractivity contribution in [2.75, 3.05) is 39.3 Å². The third-order valence-electron chi connectivity index (χ3n) is 7.45. The molecule has 2 aliphatic carbocycles. The third-order valence-corrected chi connectivity index (χ3v) is 8.50. The summed E-state index contributed by atoms with van der Waals surface area (Å²) in [5, 5.41) is 3.29. The molecule has 0 bridgehead atoms. The van der Waals surface area contributed by atoms with Gasteiger partial charge in [0.1, 0.15) is 16.7 Å². The van der Waals surface area contributed by atoms with Crippen molar-refractivity contribution in [2.45, 2.75) is 57.5 Å². The van der Waals surface area contributed by atoms with E-state index >= 15 is 0 Å². The second kappa shape index (κ2) is 10.6. The summed E-state index contributed by atoms with van der Waals surface area (Å²) in [6.07, 6.45) is 9.90. The summed E-state index contributed by atoms with van der Waals surface area (Å²) in [5.41, 5.74) is 0.335. The molecular formula is C25H32N4O5S. The van der Waals surface area contributed by atoms with Gasteiger partial charge in [-0.1, -0.05) is 32.1 Å². The lowest BCUT2D eigenvalue weighted by Gasteiger charge is -2.35. The van der Waals surface area contributed by atoms with Gasteiger partial charge in [0.2, 0.25) is 5.78 Å². The number of amides is 2. The number of allylic oxidation sites excluding steroid dienone is 2. The normalized spacial score (nSPS) is 23.3. The van der Waals surface area contributed by atoms with Gasteiger partial charge < -0.3 is 19.9 Å². The molecular weight excluding hydrogens is 468 g/mol. The number of carbonyl (C=O) groups is 4. The van der Waals surface area contributed by atoms with Crippen molar-refractivity contribution >= 4 is 34.7 Å². The number of nitrogens with one attached hydrogen (secondary N) is 1. The number of hydrogen-bond acceptors (Lipinski definition) is 8. The van der Waals surface area contributed by atoms with Crippen LogP contribution < -0.4 is 5.32 Å². The van der Waals surface area contributed by atoms with E-state index in [0.717, 1.165) is 30.6 Å². The molecule has 0 aromatic carbocycles. The van der Waals surface area contributed by atoms with Crippen molar-refractivity contribution in [3.05, 3.63) is 27.4 Å². The number of rotatable bonds is 6. The Morgan fingerprint density at radius 3 is 2.49 bits per heavy atom. The number of Topliss-reactive ketones (excluding diaryl/α,β-unsaturated/α-hetero) is 1. The highest BCUT2D eigenvalue weighted by atomic mass is 32.1. The zero-order valence-electron chi connectivity index (χ0n) is 19.9. The molecule has 3 fully saturated rings. The van der Waals surface area contributed by atoms with Crippen LogP contribution in [0.15, 0.2) is 11.8 Å². The lowest BCUT2D eigenvalue weighted by molar-refractivity contribution is -0.142. The van der Waals surface area contributed by atoms with Crippen LogP contribution in [0.1, 0.15) is 81.3 Å². The van der Waals surface area contributed by atoms with Crippen LogP contribution in [-0.2, 0) is 9.53 Å². The van der Waals surface area contributed by atoms with Crippen LogP contribution in [0.5, 0.6) is 0 Å². The SMILES string of the molecule is O=C1C(NCCC2CCCCC2)=CC(=O)c2sc(C(=O)N3CCN(C(=O)C4CCCO4)CC3)nc21. The molecule has 0 radical (unpaired) electrons. The molecule has 1 unspecified atom stereocenters. The lowest BCUT2D eigenvalue weighted by Crippen LogP contribution is -2.52. The van der Waals surface area contributed by atoms with Crippen LogP contribution in [-0.4, -0.2) is 83.6 Å². The Morgan fingerprint density at radius 1 is 1.03 bits per heavy atom. The molecule has 9 nitrogen and oxygen atoms in total.